The van der Waals surface area contributed by atoms with Gasteiger partial charge < -0.3 is 5.11 Å². The zero-order valence-electron chi connectivity index (χ0n) is 5.94. The predicted octanol–water partition coefficient (Wildman–Crippen LogP) is -0.998. The number of nitrogens with zero attached hydrogens (tertiary/aromatic N) is 1. The van der Waals surface area contributed by atoms with E-state index in [-0.39, 0.29) is 13.0 Å². The monoisotopic (exact) mass is 193 g/mol. The molecule has 0 saturated heterocycles. The van der Waals surface area contributed by atoms with Crippen LogP contribution in [0.3, 0.4) is 0 Å². The van der Waals surface area contributed by atoms with Crippen LogP contribution >= 0.6 is 0 Å². The molecule has 0 aromatic rings. The Bertz CT molecular complexity index is 290. The molecule has 0 rings (SSSR count). The van der Waals surface area contributed by atoms with Gasteiger partial charge in [-0.05, 0) is 0 Å². The highest BCUT2D eigenvalue weighted by atomic mass is 32.2. The van der Waals surface area contributed by atoms with Crippen molar-refractivity contribution >= 4 is 16.3 Å². The summed E-state index contributed by atoms with van der Waals surface area (Å²) in [6, 6.07) is 1.69. The molecule has 0 aromatic heterocycles. The van der Waals surface area contributed by atoms with Gasteiger partial charge in [0.15, 0.2) is 0 Å². The van der Waals surface area contributed by atoms with E-state index in [0.717, 1.165) is 0 Å². The Morgan fingerprint density at radius 2 is 2.17 bits per heavy atom. The smallest absolute Gasteiger partial charge is 0.419 e. The summed E-state index contributed by atoms with van der Waals surface area (Å²) in [5.41, 5.74) is 0. The highest BCUT2D eigenvalue weighted by Crippen LogP contribution is 1.78. The van der Waals surface area contributed by atoms with Gasteiger partial charge in [0.1, 0.15) is 0 Å². The minimum Gasteiger partial charge on any atom is -0.464 e. The summed E-state index contributed by atoms with van der Waals surface area (Å²) in [6.07, 6.45) is -1.68. The molecule has 7 nitrogen and oxygen atoms in total. The Labute approximate surface area is 69.2 Å². The number of hydrogen-bond donors (Lipinski definition) is 3. The van der Waals surface area contributed by atoms with Crippen molar-refractivity contribution in [3.8, 4) is 6.07 Å². The lowest BCUT2D eigenvalue weighted by Crippen LogP contribution is -2.39. The van der Waals surface area contributed by atoms with Crippen molar-refractivity contribution in [2.24, 2.45) is 0 Å². The first-order valence-electron chi connectivity index (χ1n) is 2.85. The lowest BCUT2D eigenvalue weighted by molar-refractivity contribution is 0.201. The summed E-state index contributed by atoms with van der Waals surface area (Å²) in [4.78, 5) is 9.85. The third-order valence-electron chi connectivity index (χ3n) is 0.751. The van der Waals surface area contributed by atoms with E-state index in [1.807, 2.05) is 4.72 Å². The van der Waals surface area contributed by atoms with Crippen LogP contribution in [0.4, 0.5) is 4.79 Å². The van der Waals surface area contributed by atoms with Gasteiger partial charge in [-0.25, -0.2) is 9.52 Å². The van der Waals surface area contributed by atoms with Gasteiger partial charge in [0.2, 0.25) is 0 Å². The molecule has 0 aliphatic heterocycles. The Balaban J connectivity index is 3.91. The summed E-state index contributed by atoms with van der Waals surface area (Å²) in [7, 11) is -4.00. The molecule has 0 unspecified atom stereocenters. The Kier molecular flexibility index (Phi) is 4.03. The lowest BCUT2D eigenvalue weighted by Gasteiger charge is -2.02. The largest absolute Gasteiger partial charge is 0.464 e. The van der Waals surface area contributed by atoms with Crippen LogP contribution in [0.15, 0.2) is 0 Å². The fraction of sp³-hybridized carbons (Fsp3) is 0.500. The van der Waals surface area contributed by atoms with Gasteiger partial charge >= 0.3 is 16.3 Å². The van der Waals surface area contributed by atoms with Gasteiger partial charge in [0, 0.05) is 13.0 Å². The predicted molar refractivity (Wildman–Crippen MR) is 38.3 cm³/mol. The van der Waals surface area contributed by atoms with Gasteiger partial charge in [0.05, 0.1) is 6.07 Å². The Hall–Kier alpha value is -1.33. The van der Waals surface area contributed by atoms with Crippen molar-refractivity contribution < 1.29 is 18.3 Å². The van der Waals surface area contributed by atoms with Crippen molar-refractivity contribution in [3.05, 3.63) is 0 Å². The molecule has 68 valence electrons. The maximum Gasteiger partial charge on any atom is 0.419 e. The summed E-state index contributed by atoms with van der Waals surface area (Å²) < 4.78 is 24.3. The van der Waals surface area contributed by atoms with Crippen molar-refractivity contribution in [1.29, 1.82) is 5.26 Å². The fourth-order valence-electron chi connectivity index (χ4n) is 0.392. The summed E-state index contributed by atoms with van der Waals surface area (Å²) in [5, 5.41) is 16.0. The topological polar surface area (TPSA) is 119 Å². The average Bonchev–Trinajstić information content (AvgIpc) is 1.84. The molecule has 0 spiro atoms. The Morgan fingerprint density at radius 1 is 1.58 bits per heavy atom. The van der Waals surface area contributed by atoms with Gasteiger partial charge in [-0.1, -0.05) is 0 Å². The van der Waals surface area contributed by atoms with E-state index in [1.54, 1.807) is 6.07 Å². The van der Waals surface area contributed by atoms with E-state index in [9.17, 15) is 13.2 Å². The standard InChI is InChI=1S/C4H7N3O4S/c5-2-1-3-6-12(10,11)7-4(8)9/h6-7H,1,3H2,(H,8,9). The van der Waals surface area contributed by atoms with E-state index in [4.69, 9.17) is 10.4 Å². The van der Waals surface area contributed by atoms with Crippen LogP contribution < -0.4 is 9.44 Å². The summed E-state index contributed by atoms with van der Waals surface area (Å²) in [5.74, 6) is 0. The van der Waals surface area contributed by atoms with Crippen molar-refractivity contribution in [3.63, 3.8) is 0 Å². The molecule has 0 radical (unpaired) electrons. The third-order valence-corrected chi connectivity index (χ3v) is 1.78. The van der Waals surface area contributed by atoms with Gasteiger partial charge in [-0.15, -0.1) is 0 Å². The minimum atomic E-state index is -4.00. The van der Waals surface area contributed by atoms with E-state index >= 15 is 0 Å². The quantitative estimate of drug-likeness (QED) is 0.495. The van der Waals surface area contributed by atoms with Crippen LogP contribution in [0.25, 0.3) is 0 Å². The number of amides is 1. The van der Waals surface area contributed by atoms with Crippen LogP contribution in [-0.2, 0) is 10.2 Å². The minimum absolute atomic E-state index is 0.0134. The molecule has 0 aromatic carbocycles. The van der Waals surface area contributed by atoms with E-state index in [0.29, 0.717) is 0 Å². The van der Waals surface area contributed by atoms with E-state index in [2.05, 4.69) is 0 Å². The second-order valence-corrected chi connectivity index (χ2v) is 3.21. The normalized spacial score (nSPS) is 10.2. The van der Waals surface area contributed by atoms with Crippen LogP contribution in [0.5, 0.6) is 0 Å². The van der Waals surface area contributed by atoms with Crippen molar-refractivity contribution in [2.75, 3.05) is 6.54 Å². The first-order valence-corrected chi connectivity index (χ1v) is 4.33. The number of carbonyl (C=O) groups is 1. The molecule has 0 aliphatic rings. The van der Waals surface area contributed by atoms with Crippen LogP contribution in [0.1, 0.15) is 6.42 Å². The van der Waals surface area contributed by atoms with Gasteiger partial charge in [-0.2, -0.15) is 18.4 Å². The SMILES string of the molecule is N#CCCNS(=O)(=O)NC(=O)O. The van der Waals surface area contributed by atoms with E-state index < -0.39 is 16.3 Å². The number of carboxylic acid groups (broad SMARTS) is 1. The highest BCUT2D eigenvalue weighted by molar-refractivity contribution is 7.88. The summed E-state index contributed by atoms with van der Waals surface area (Å²) >= 11 is 0. The zero-order chi connectivity index (χ0) is 9.61. The maximum atomic E-state index is 10.6. The second-order valence-electron chi connectivity index (χ2n) is 1.71. The molecule has 12 heavy (non-hydrogen) atoms. The number of nitrogens with one attached hydrogen (secondary N) is 2. The number of rotatable bonds is 4. The van der Waals surface area contributed by atoms with Crippen LogP contribution in [-0.4, -0.2) is 26.2 Å². The van der Waals surface area contributed by atoms with Gasteiger partial charge in [-0.3, -0.25) is 0 Å². The average molecular weight is 193 g/mol. The van der Waals surface area contributed by atoms with Crippen LogP contribution in [0.2, 0.25) is 0 Å². The molecule has 0 heterocycles. The highest BCUT2D eigenvalue weighted by Gasteiger charge is 2.10. The van der Waals surface area contributed by atoms with Crippen LogP contribution in [0, 0.1) is 11.3 Å². The summed E-state index contributed by atoms with van der Waals surface area (Å²) in [6.45, 7) is -0.112. The first kappa shape index (κ1) is 10.7. The molecular weight excluding hydrogens is 186 g/mol. The molecule has 0 saturated carbocycles. The van der Waals surface area contributed by atoms with Crippen molar-refractivity contribution in [1.82, 2.24) is 9.44 Å². The molecule has 8 heteroatoms. The molecule has 1 amide bonds. The molecule has 0 atom stereocenters. The first-order chi connectivity index (χ1) is 5.48. The Morgan fingerprint density at radius 3 is 2.58 bits per heavy atom. The third kappa shape index (κ3) is 5.45. The van der Waals surface area contributed by atoms with E-state index in [1.165, 1.54) is 4.72 Å². The second kappa shape index (κ2) is 4.53. The maximum absolute atomic E-state index is 10.6. The number of nitriles is 1. The molecular formula is C4H7N3O4S. The zero-order valence-corrected chi connectivity index (χ0v) is 6.76. The molecule has 0 fully saturated rings. The van der Waals surface area contributed by atoms with Crippen molar-refractivity contribution in [2.45, 2.75) is 6.42 Å². The lowest BCUT2D eigenvalue weighted by atomic mass is 10.5. The molecule has 3 N–H and O–H groups in total. The fourth-order valence-corrected chi connectivity index (χ4v) is 1.07. The molecule has 0 bridgehead atoms. The number of hydrogen-bond acceptors (Lipinski definition) is 4. The van der Waals surface area contributed by atoms with Gasteiger partial charge in [0.25, 0.3) is 0 Å². The molecule has 0 aliphatic carbocycles.